The Kier molecular flexibility index (Phi) is 6.24. The molecule has 148 valence electrons. The van der Waals surface area contributed by atoms with E-state index in [0.29, 0.717) is 6.04 Å². The Bertz CT molecular complexity index is 766. The molecule has 5 heteroatoms. The average molecular weight is 380 g/mol. The zero-order chi connectivity index (χ0) is 19.2. The molecule has 4 rings (SSSR count). The van der Waals surface area contributed by atoms with E-state index in [9.17, 15) is 4.79 Å². The van der Waals surface area contributed by atoms with Crippen molar-refractivity contribution in [2.75, 3.05) is 44.7 Å². The largest absolute Gasteiger partial charge is 0.379 e. The Morgan fingerprint density at radius 2 is 1.64 bits per heavy atom. The van der Waals surface area contributed by atoms with E-state index in [1.165, 1.54) is 11.1 Å². The number of amides is 2. The van der Waals surface area contributed by atoms with Crippen molar-refractivity contribution in [3.63, 3.8) is 0 Å². The van der Waals surface area contributed by atoms with Crippen LogP contribution in [-0.2, 0) is 11.2 Å². The number of morpholine rings is 1. The topological polar surface area (TPSA) is 44.8 Å². The summed E-state index contributed by atoms with van der Waals surface area (Å²) in [5, 5.41) is 3.09. The van der Waals surface area contributed by atoms with Crippen molar-refractivity contribution >= 4 is 11.7 Å². The summed E-state index contributed by atoms with van der Waals surface area (Å²) in [4.78, 5) is 17.2. The third kappa shape index (κ3) is 4.91. The molecule has 2 aliphatic rings. The number of carbonyl (C=O) groups is 1. The molecule has 28 heavy (non-hydrogen) atoms. The molecule has 2 amide bonds. The number of anilines is 1. The van der Waals surface area contributed by atoms with E-state index in [0.717, 1.165) is 64.3 Å². The Balaban J connectivity index is 1.30. The van der Waals surface area contributed by atoms with E-state index in [-0.39, 0.29) is 6.03 Å². The van der Waals surface area contributed by atoms with Gasteiger partial charge in [0.2, 0.25) is 0 Å². The highest BCUT2D eigenvalue weighted by molar-refractivity contribution is 5.89. The molecule has 0 aromatic heterocycles. The van der Waals surface area contributed by atoms with Gasteiger partial charge in [-0.2, -0.15) is 0 Å². The average Bonchev–Trinajstić information content (AvgIpc) is 2.75. The number of rotatable bonds is 4. The van der Waals surface area contributed by atoms with Crippen LogP contribution in [0.4, 0.5) is 10.5 Å². The number of nitrogens with one attached hydrogen (secondary N) is 1. The van der Waals surface area contributed by atoms with Gasteiger partial charge in [-0.05, 0) is 42.5 Å². The normalized spacial score (nSPS) is 18.8. The molecule has 0 unspecified atom stereocenters. The van der Waals surface area contributed by atoms with Gasteiger partial charge in [-0.25, -0.2) is 4.79 Å². The number of benzene rings is 2. The van der Waals surface area contributed by atoms with Gasteiger partial charge in [-0.15, -0.1) is 0 Å². The minimum atomic E-state index is 0.0114. The molecule has 0 radical (unpaired) electrons. The van der Waals surface area contributed by atoms with Crippen molar-refractivity contribution < 1.29 is 9.53 Å². The molecule has 2 aliphatic heterocycles. The van der Waals surface area contributed by atoms with Gasteiger partial charge < -0.3 is 15.0 Å². The molecule has 2 saturated heterocycles. The number of urea groups is 1. The molecule has 2 aromatic carbocycles. The van der Waals surface area contributed by atoms with Crippen molar-refractivity contribution in [3.05, 3.63) is 65.7 Å². The van der Waals surface area contributed by atoms with E-state index in [4.69, 9.17) is 4.74 Å². The predicted molar refractivity (Wildman–Crippen MR) is 112 cm³/mol. The second-order valence-electron chi connectivity index (χ2n) is 7.66. The highest BCUT2D eigenvalue weighted by Gasteiger charge is 2.27. The second-order valence-corrected chi connectivity index (χ2v) is 7.66. The highest BCUT2D eigenvalue weighted by Crippen LogP contribution is 2.20. The lowest BCUT2D eigenvalue weighted by molar-refractivity contribution is 0.00419. The minimum Gasteiger partial charge on any atom is -0.379 e. The molecule has 0 saturated carbocycles. The van der Waals surface area contributed by atoms with Gasteiger partial charge in [0.05, 0.1) is 13.2 Å². The third-order valence-electron chi connectivity index (χ3n) is 5.74. The first-order valence-corrected chi connectivity index (χ1v) is 10.3. The standard InChI is InChI=1S/C23H29N3O2/c27-23(26-11-9-22(10-12-26)25-13-15-28-16-14-25)24-21-8-4-7-20(18-21)17-19-5-2-1-3-6-19/h1-8,18,22H,9-17H2,(H,24,27). The lowest BCUT2D eigenvalue weighted by atomic mass is 10.0. The Morgan fingerprint density at radius 1 is 0.929 bits per heavy atom. The fraction of sp³-hybridized carbons (Fsp3) is 0.435. The van der Waals surface area contributed by atoms with Gasteiger partial charge in [-0.1, -0.05) is 42.5 Å². The van der Waals surface area contributed by atoms with Crippen LogP contribution in [0.25, 0.3) is 0 Å². The van der Waals surface area contributed by atoms with Crippen LogP contribution < -0.4 is 5.32 Å². The van der Waals surface area contributed by atoms with Crippen molar-refractivity contribution in [2.24, 2.45) is 0 Å². The molecular formula is C23H29N3O2. The Morgan fingerprint density at radius 3 is 2.39 bits per heavy atom. The number of ether oxygens (including phenoxy) is 1. The summed E-state index contributed by atoms with van der Waals surface area (Å²) in [6.07, 6.45) is 2.96. The second kappa shape index (κ2) is 9.22. The first-order chi connectivity index (χ1) is 13.8. The zero-order valence-electron chi connectivity index (χ0n) is 16.3. The number of likely N-dealkylation sites (tertiary alicyclic amines) is 1. The number of nitrogens with zero attached hydrogens (tertiary/aromatic N) is 2. The maximum Gasteiger partial charge on any atom is 0.321 e. The van der Waals surface area contributed by atoms with E-state index in [2.05, 4.69) is 46.6 Å². The fourth-order valence-corrected chi connectivity index (χ4v) is 4.17. The summed E-state index contributed by atoms with van der Waals surface area (Å²) in [6, 6.07) is 19.2. The van der Waals surface area contributed by atoms with Crippen LogP contribution in [0, 0.1) is 0 Å². The predicted octanol–water partition coefficient (Wildman–Crippen LogP) is 3.61. The molecule has 0 aliphatic carbocycles. The van der Waals surface area contributed by atoms with Crippen LogP contribution in [0.1, 0.15) is 24.0 Å². The minimum absolute atomic E-state index is 0.0114. The Labute approximate surface area is 167 Å². The summed E-state index contributed by atoms with van der Waals surface area (Å²) < 4.78 is 5.45. The van der Waals surface area contributed by atoms with Crippen LogP contribution in [0.2, 0.25) is 0 Å². The quantitative estimate of drug-likeness (QED) is 0.883. The van der Waals surface area contributed by atoms with E-state index < -0.39 is 0 Å². The van der Waals surface area contributed by atoms with Gasteiger partial charge in [0.1, 0.15) is 0 Å². The maximum atomic E-state index is 12.7. The molecule has 2 fully saturated rings. The lowest BCUT2D eigenvalue weighted by Gasteiger charge is -2.40. The van der Waals surface area contributed by atoms with Crippen LogP contribution in [0.15, 0.2) is 54.6 Å². The van der Waals surface area contributed by atoms with Crippen LogP contribution in [-0.4, -0.2) is 61.3 Å². The van der Waals surface area contributed by atoms with Gasteiger partial charge in [0.15, 0.2) is 0 Å². The summed E-state index contributed by atoms with van der Waals surface area (Å²) >= 11 is 0. The number of hydrogen-bond donors (Lipinski definition) is 1. The van der Waals surface area contributed by atoms with E-state index in [1.54, 1.807) is 0 Å². The zero-order valence-corrected chi connectivity index (χ0v) is 16.3. The summed E-state index contributed by atoms with van der Waals surface area (Å²) in [6.45, 7) is 5.34. The SMILES string of the molecule is O=C(Nc1cccc(Cc2ccccc2)c1)N1CCC(N2CCOCC2)CC1. The molecule has 0 bridgehead atoms. The van der Waals surface area contributed by atoms with Crippen LogP contribution in [0.3, 0.4) is 0 Å². The first kappa shape index (κ1) is 19.0. The molecule has 2 aromatic rings. The van der Waals surface area contributed by atoms with E-state index in [1.807, 2.05) is 23.1 Å². The van der Waals surface area contributed by atoms with Crippen molar-refractivity contribution in [3.8, 4) is 0 Å². The van der Waals surface area contributed by atoms with E-state index >= 15 is 0 Å². The van der Waals surface area contributed by atoms with Crippen LogP contribution >= 0.6 is 0 Å². The molecule has 5 nitrogen and oxygen atoms in total. The highest BCUT2D eigenvalue weighted by atomic mass is 16.5. The smallest absolute Gasteiger partial charge is 0.321 e. The summed E-state index contributed by atoms with van der Waals surface area (Å²) in [7, 11) is 0. The van der Waals surface area contributed by atoms with Gasteiger partial charge in [-0.3, -0.25) is 4.90 Å². The number of hydrogen-bond acceptors (Lipinski definition) is 3. The molecule has 2 heterocycles. The maximum absolute atomic E-state index is 12.7. The monoisotopic (exact) mass is 379 g/mol. The Hall–Kier alpha value is -2.37. The van der Waals surface area contributed by atoms with Gasteiger partial charge in [0.25, 0.3) is 0 Å². The number of carbonyl (C=O) groups excluding carboxylic acids is 1. The van der Waals surface area contributed by atoms with Gasteiger partial charge in [0, 0.05) is 37.9 Å². The van der Waals surface area contributed by atoms with Gasteiger partial charge >= 0.3 is 6.03 Å². The first-order valence-electron chi connectivity index (χ1n) is 10.3. The van der Waals surface area contributed by atoms with Crippen molar-refractivity contribution in [1.82, 2.24) is 9.80 Å². The van der Waals surface area contributed by atoms with Crippen molar-refractivity contribution in [2.45, 2.75) is 25.3 Å². The molecule has 0 atom stereocenters. The molecule has 0 spiro atoms. The number of piperidine rings is 1. The third-order valence-corrected chi connectivity index (χ3v) is 5.74. The van der Waals surface area contributed by atoms with Crippen molar-refractivity contribution in [1.29, 1.82) is 0 Å². The molecule has 1 N–H and O–H groups in total. The van der Waals surface area contributed by atoms with Crippen LogP contribution in [0.5, 0.6) is 0 Å². The summed E-state index contributed by atoms with van der Waals surface area (Å²) in [5.41, 5.74) is 3.35. The lowest BCUT2D eigenvalue weighted by Crippen LogP contribution is -2.50. The fourth-order valence-electron chi connectivity index (χ4n) is 4.17. The summed E-state index contributed by atoms with van der Waals surface area (Å²) in [5.74, 6) is 0. The molecular weight excluding hydrogens is 350 g/mol.